The average Bonchev–Trinajstić information content (AvgIpc) is 3.16. The van der Waals surface area contributed by atoms with Gasteiger partial charge in [-0.3, -0.25) is 4.79 Å². The fourth-order valence-corrected chi connectivity index (χ4v) is 3.28. The van der Waals surface area contributed by atoms with Gasteiger partial charge in [0.1, 0.15) is 0 Å². The van der Waals surface area contributed by atoms with Crippen LogP contribution in [0.5, 0.6) is 0 Å². The van der Waals surface area contributed by atoms with E-state index in [1.165, 1.54) is 16.9 Å². The van der Waals surface area contributed by atoms with E-state index >= 15 is 0 Å². The molecule has 126 valence electrons. The first-order chi connectivity index (χ1) is 12.1. The number of benzene rings is 2. The van der Waals surface area contributed by atoms with Gasteiger partial charge in [0.25, 0.3) is 0 Å². The quantitative estimate of drug-likeness (QED) is 0.478. The Morgan fingerprint density at radius 1 is 0.960 bits per heavy atom. The summed E-state index contributed by atoms with van der Waals surface area (Å²) in [5.74, 6) is -0.616. The molecule has 2 aromatic carbocycles. The molecule has 0 saturated heterocycles. The van der Waals surface area contributed by atoms with Crippen molar-refractivity contribution in [1.82, 2.24) is 0 Å². The van der Waals surface area contributed by atoms with Crippen molar-refractivity contribution < 1.29 is 14.3 Å². The van der Waals surface area contributed by atoms with Crippen molar-refractivity contribution in [1.29, 1.82) is 0 Å². The van der Waals surface area contributed by atoms with Crippen LogP contribution in [0.25, 0.3) is 0 Å². The zero-order chi connectivity index (χ0) is 17.6. The molecular formula is C21H18O3S. The van der Waals surface area contributed by atoms with Crippen molar-refractivity contribution in [2.45, 2.75) is 13.3 Å². The molecule has 0 atom stereocenters. The molecule has 0 saturated carbocycles. The van der Waals surface area contributed by atoms with E-state index in [0.29, 0.717) is 22.4 Å². The van der Waals surface area contributed by atoms with Gasteiger partial charge in [0, 0.05) is 12.0 Å². The minimum Gasteiger partial charge on any atom is -0.462 e. The zero-order valence-corrected chi connectivity index (χ0v) is 14.7. The Hall–Kier alpha value is -2.72. The molecule has 0 aliphatic heterocycles. The highest BCUT2D eigenvalue weighted by molar-refractivity contribution is 7.12. The van der Waals surface area contributed by atoms with E-state index in [2.05, 4.69) is 6.07 Å². The summed E-state index contributed by atoms with van der Waals surface area (Å²) in [7, 11) is 0. The summed E-state index contributed by atoms with van der Waals surface area (Å²) in [6, 6.07) is 18.5. The van der Waals surface area contributed by atoms with Crippen LogP contribution in [-0.2, 0) is 11.2 Å². The Balaban J connectivity index is 1.69. The van der Waals surface area contributed by atoms with Crippen LogP contribution in [0.15, 0.2) is 66.0 Å². The van der Waals surface area contributed by atoms with E-state index in [4.69, 9.17) is 4.74 Å². The first-order valence-corrected chi connectivity index (χ1v) is 8.93. The van der Waals surface area contributed by atoms with E-state index in [9.17, 15) is 9.59 Å². The predicted octanol–water partition coefficient (Wildman–Crippen LogP) is 4.69. The van der Waals surface area contributed by atoms with Gasteiger partial charge in [-0.25, -0.2) is 4.79 Å². The molecule has 0 unspecified atom stereocenters. The second-order valence-corrected chi connectivity index (χ2v) is 6.67. The Bertz CT molecular complexity index is 882. The van der Waals surface area contributed by atoms with Gasteiger partial charge in [-0.1, -0.05) is 54.1 Å². The average molecular weight is 350 g/mol. The van der Waals surface area contributed by atoms with E-state index in [0.717, 1.165) is 5.56 Å². The van der Waals surface area contributed by atoms with Crippen molar-refractivity contribution in [3.8, 4) is 0 Å². The monoisotopic (exact) mass is 350 g/mol. The molecule has 0 fully saturated rings. The van der Waals surface area contributed by atoms with Crippen LogP contribution >= 0.6 is 11.3 Å². The summed E-state index contributed by atoms with van der Waals surface area (Å²) in [4.78, 5) is 25.6. The Kier molecular flexibility index (Phi) is 5.41. The molecule has 0 aliphatic carbocycles. The number of esters is 1. The number of carbonyl (C=O) groups excluding carboxylic acids is 2. The number of thiophene rings is 1. The number of hydrogen-bond acceptors (Lipinski definition) is 4. The molecule has 25 heavy (non-hydrogen) atoms. The number of hydrogen-bond donors (Lipinski definition) is 0. The molecule has 0 radical (unpaired) electrons. The minimum atomic E-state index is -0.465. The fraction of sp³-hybridized carbons (Fsp3) is 0.143. The molecule has 0 spiro atoms. The van der Waals surface area contributed by atoms with Crippen molar-refractivity contribution >= 4 is 23.1 Å². The highest BCUT2D eigenvalue weighted by Gasteiger charge is 2.19. The van der Waals surface area contributed by atoms with Crippen LogP contribution in [0.4, 0.5) is 0 Å². The number of carbonyl (C=O) groups is 2. The van der Waals surface area contributed by atoms with Gasteiger partial charge < -0.3 is 4.74 Å². The van der Waals surface area contributed by atoms with E-state index in [1.54, 1.807) is 30.3 Å². The fourth-order valence-electron chi connectivity index (χ4n) is 2.61. The standard InChI is InChI=1S/C21H18O3S/c1-15-6-4-7-16(14-15)11-12-24-21(23)18-9-3-2-8-17(18)20(22)19-10-5-13-25-19/h2-10,13-14H,11-12H2,1H3. The van der Waals surface area contributed by atoms with E-state index in [1.807, 2.05) is 36.6 Å². The Morgan fingerprint density at radius 3 is 2.48 bits per heavy atom. The van der Waals surface area contributed by atoms with Crippen molar-refractivity contribution in [2.75, 3.05) is 6.61 Å². The summed E-state index contributed by atoms with van der Waals surface area (Å²) in [6.07, 6.45) is 0.647. The maximum absolute atomic E-state index is 12.6. The minimum absolute atomic E-state index is 0.152. The molecule has 3 nitrogen and oxygen atoms in total. The number of ether oxygens (including phenoxy) is 1. The number of ketones is 1. The maximum atomic E-state index is 12.6. The molecule has 1 heterocycles. The predicted molar refractivity (Wildman–Crippen MR) is 99.4 cm³/mol. The molecule has 0 amide bonds. The van der Waals surface area contributed by atoms with Crippen molar-refractivity contribution in [2.24, 2.45) is 0 Å². The molecule has 3 aromatic rings. The van der Waals surface area contributed by atoms with E-state index in [-0.39, 0.29) is 12.4 Å². The normalized spacial score (nSPS) is 10.4. The first kappa shape index (κ1) is 17.1. The van der Waals surface area contributed by atoms with Crippen LogP contribution < -0.4 is 0 Å². The summed E-state index contributed by atoms with van der Waals surface area (Å²) in [5.41, 5.74) is 2.99. The van der Waals surface area contributed by atoms with Crippen LogP contribution in [0.3, 0.4) is 0 Å². The highest BCUT2D eigenvalue weighted by Crippen LogP contribution is 2.19. The summed E-state index contributed by atoms with van der Waals surface area (Å²) in [5, 5.41) is 1.84. The van der Waals surface area contributed by atoms with Crippen LogP contribution in [0.2, 0.25) is 0 Å². The third-order valence-electron chi connectivity index (χ3n) is 3.84. The Labute approximate surface area is 150 Å². The van der Waals surface area contributed by atoms with E-state index < -0.39 is 5.97 Å². The highest BCUT2D eigenvalue weighted by atomic mass is 32.1. The second kappa shape index (κ2) is 7.90. The second-order valence-electron chi connectivity index (χ2n) is 5.73. The van der Waals surface area contributed by atoms with Crippen molar-refractivity contribution in [3.05, 3.63) is 93.2 Å². The van der Waals surface area contributed by atoms with Crippen molar-refractivity contribution in [3.63, 3.8) is 0 Å². The lowest BCUT2D eigenvalue weighted by Crippen LogP contribution is -2.13. The molecule has 0 N–H and O–H groups in total. The molecular weight excluding hydrogens is 332 g/mol. The van der Waals surface area contributed by atoms with Gasteiger partial charge >= 0.3 is 5.97 Å². The topological polar surface area (TPSA) is 43.4 Å². The van der Waals surface area contributed by atoms with Gasteiger partial charge in [0.2, 0.25) is 5.78 Å². The lowest BCUT2D eigenvalue weighted by atomic mass is 10.0. The van der Waals surface area contributed by atoms with Gasteiger partial charge in [-0.15, -0.1) is 11.3 Å². The van der Waals surface area contributed by atoms with Crippen LogP contribution in [-0.4, -0.2) is 18.4 Å². The van der Waals surface area contributed by atoms with Gasteiger partial charge in [-0.05, 0) is 30.0 Å². The number of rotatable bonds is 6. The SMILES string of the molecule is Cc1cccc(CCOC(=O)c2ccccc2C(=O)c2cccs2)c1. The third-order valence-corrected chi connectivity index (χ3v) is 4.71. The van der Waals surface area contributed by atoms with Gasteiger partial charge in [0.15, 0.2) is 0 Å². The molecule has 3 rings (SSSR count). The molecule has 1 aromatic heterocycles. The lowest BCUT2D eigenvalue weighted by molar-refractivity contribution is 0.0506. The third kappa shape index (κ3) is 4.22. The zero-order valence-electron chi connectivity index (χ0n) is 13.9. The smallest absolute Gasteiger partial charge is 0.338 e. The van der Waals surface area contributed by atoms with Crippen LogP contribution in [0, 0.1) is 6.92 Å². The van der Waals surface area contributed by atoms with Gasteiger partial charge in [0.05, 0.1) is 17.0 Å². The summed E-state index contributed by atoms with van der Waals surface area (Å²) < 4.78 is 5.39. The first-order valence-electron chi connectivity index (χ1n) is 8.05. The van der Waals surface area contributed by atoms with Gasteiger partial charge in [-0.2, -0.15) is 0 Å². The molecule has 0 aliphatic rings. The Morgan fingerprint density at radius 2 is 1.76 bits per heavy atom. The summed E-state index contributed by atoms with van der Waals surface area (Å²) in [6.45, 7) is 2.31. The maximum Gasteiger partial charge on any atom is 0.338 e. The molecule has 4 heteroatoms. The van der Waals surface area contributed by atoms with Crippen LogP contribution in [0.1, 0.15) is 36.7 Å². The number of aryl methyl sites for hydroxylation is 1. The molecule has 0 bridgehead atoms. The summed E-state index contributed by atoms with van der Waals surface area (Å²) >= 11 is 1.36. The largest absolute Gasteiger partial charge is 0.462 e. The lowest BCUT2D eigenvalue weighted by Gasteiger charge is -2.09.